The molecule has 2 rings (SSSR count). The molecule has 1 amide bonds. The number of carboxylic acid groups (broad SMARTS) is 1. The number of nitrogens with zero attached hydrogens (tertiary/aromatic N) is 1. The second kappa shape index (κ2) is 4.75. The summed E-state index contributed by atoms with van der Waals surface area (Å²) in [5, 5.41) is 27.6. The monoisotopic (exact) mass is 251 g/mol. The van der Waals surface area contributed by atoms with Gasteiger partial charge in [-0.1, -0.05) is 6.07 Å². The van der Waals surface area contributed by atoms with Crippen LogP contribution >= 0.6 is 0 Å². The molecule has 1 aliphatic heterocycles. The first-order valence-corrected chi connectivity index (χ1v) is 5.48. The molecule has 0 aliphatic carbocycles. The number of hydrogen-bond donors (Lipinski definition) is 3. The summed E-state index contributed by atoms with van der Waals surface area (Å²) in [4.78, 5) is 24.1. The van der Waals surface area contributed by atoms with E-state index in [1.165, 1.54) is 29.2 Å². The van der Waals surface area contributed by atoms with E-state index in [0.29, 0.717) is 0 Å². The van der Waals surface area contributed by atoms with Gasteiger partial charge in [-0.15, -0.1) is 0 Å². The first-order valence-electron chi connectivity index (χ1n) is 5.48. The number of carbonyl (C=O) groups is 2. The number of amides is 1. The average molecular weight is 251 g/mol. The first-order chi connectivity index (χ1) is 8.49. The molecule has 1 aliphatic rings. The summed E-state index contributed by atoms with van der Waals surface area (Å²) in [6.07, 6.45) is -1.90. The van der Waals surface area contributed by atoms with E-state index < -0.39 is 24.1 Å². The quantitative estimate of drug-likeness (QED) is 0.662. The molecule has 18 heavy (non-hydrogen) atoms. The maximum Gasteiger partial charge on any atom is 0.335 e. The number of aromatic carboxylic acids is 1. The molecule has 0 aromatic heterocycles. The fraction of sp³-hybridized carbons (Fsp3) is 0.333. The Bertz CT molecular complexity index is 477. The van der Waals surface area contributed by atoms with Crippen LogP contribution in [0.3, 0.4) is 0 Å². The predicted molar refractivity (Wildman–Crippen MR) is 61.3 cm³/mol. The maximum absolute atomic E-state index is 12.0. The molecule has 1 fully saturated rings. The van der Waals surface area contributed by atoms with Crippen LogP contribution < -0.4 is 0 Å². The minimum atomic E-state index is -1.11. The Balaban J connectivity index is 2.19. The molecule has 2 unspecified atom stereocenters. The summed E-state index contributed by atoms with van der Waals surface area (Å²) < 4.78 is 0. The van der Waals surface area contributed by atoms with Crippen LogP contribution in [0.2, 0.25) is 0 Å². The molecule has 0 saturated carbocycles. The first kappa shape index (κ1) is 12.5. The molecule has 96 valence electrons. The Morgan fingerprint density at radius 1 is 1.11 bits per heavy atom. The van der Waals surface area contributed by atoms with Crippen LogP contribution in [0.5, 0.6) is 0 Å². The number of carbonyl (C=O) groups excluding carboxylic acids is 1. The normalized spacial score (nSPS) is 23.1. The van der Waals surface area contributed by atoms with E-state index in [2.05, 4.69) is 0 Å². The van der Waals surface area contributed by atoms with Gasteiger partial charge in [0.25, 0.3) is 5.91 Å². The fourth-order valence-electron chi connectivity index (χ4n) is 1.90. The molecule has 1 saturated heterocycles. The van der Waals surface area contributed by atoms with Crippen molar-refractivity contribution in [3.05, 3.63) is 35.4 Å². The Morgan fingerprint density at radius 3 is 2.22 bits per heavy atom. The molecule has 0 bridgehead atoms. The molecule has 1 aromatic rings. The highest BCUT2D eigenvalue weighted by molar-refractivity contribution is 5.97. The summed E-state index contributed by atoms with van der Waals surface area (Å²) in [6.45, 7) is 0.106. The summed E-state index contributed by atoms with van der Waals surface area (Å²) >= 11 is 0. The summed E-state index contributed by atoms with van der Waals surface area (Å²) in [7, 11) is 0. The second-order valence-corrected chi connectivity index (χ2v) is 4.23. The lowest BCUT2D eigenvalue weighted by atomic mass is 10.1. The van der Waals surface area contributed by atoms with Crippen molar-refractivity contribution < 1.29 is 24.9 Å². The van der Waals surface area contributed by atoms with Gasteiger partial charge in [0.1, 0.15) is 0 Å². The van der Waals surface area contributed by atoms with Gasteiger partial charge in [-0.2, -0.15) is 0 Å². The molecule has 3 N–H and O–H groups in total. The zero-order chi connectivity index (χ0) is 13.3. The van der Waals surface area contributed by atoms with Crippen molar-refractivity contribution in [1.29, 1.82) is 0 Å². The Labute approximate surface area is 103 Å². The number of aliphatic hydroxyl groups excluding tert-OH is 2. The molecular weight excluding hydrogens is 238 g/mol. The molecule has 6 nitrogen and oxygen atoms in total. The van der Waals surface area contributed by atoms with Crippen molar-refractivity contribution in [2.24, 2.45) is 0 Å². The number of likely N-dealkylation sites (tertiary alicyclic amines) is 1. The lowest BCUT2D eigenvalue weighted by molar-refractivity contribution is 0.0572. The van der Waals surface area contributed by atoms with Crippen molar-refractivity contribution in [2.45, 2.75) is 12.2 Å². The lowest BCUT2D eigenvalue weighted by Gasteiger charge is -2.15. The maximum atomic E-state index is 12.0. The Hall–Kier alpha value is -1.92. The van der Waals surface area contributed by atoms with E-state index in [-0.39, 0.29) is 24.2 Å². The molecule has 0 radical (unpaired) electrons. The molecule has 1 aromatic carbocycles. The van der Waals surface area contributed by atoms with Gasteiger partial charge < -0.3 is 20.2 Å². The van der Waals surface area contributed by atoms with Gasteiger partial charge in [0.2, 0.25) is 0 Å². The zero-order valence-electron chi connectivity index (χ0n) is 9.48. The number of benzene rings is 1. The third-order valence-electron chi connectivity index (χ3n) is 2.90. The number of β-amino-alcohol motifs (C(OH)–C–C–N with tert-alkyl or cyclic N) is 2. The van der Waals surface area contributed by atoms with Crippen molar-refractivity contribution in [3.8, 4) is 0 Å². The highest BCUT2D eigenvalue weighted by atomic mass is 16.4. The van der Waals surface area contributed by atoms with E-state index in [9.17, 15) is 19.8 Å². The summed E-state index contributed by atoms with van der Waals surface area (Å²) in [5.74, 6) is -1.50. The topological polar surface area (TPSA) is 98.1 Å². The van der Waals surface area contributed by atoms with E-state index >= 15 is 0 Å². The summed E-state index contributed by atoms with van der Waals surface area (Å²) in [6, 6.07) is 5.67. The Morgan fingerprint density at radius 2 is 1.67 bits per heavy atom. The molecule has 1 heterocycles. The van der Waals surface area contributed by atoms with Crippen LogP contribution in [-0.4, -0.2) is 57.4 Å². The zero-order valence-corrected chi connectivity index (χ0v) is 9.48. The van der Waals surface area contributed by atoms with Crippen LogP contribution in [0.4, 0.5) is 0 Å². The van der Waals surface area contributed by atoms with Gasteiger partial charge in [-0.3, -0.25) is 4.79 Å². The van der Waals surface area contributed by atoms with Crippen LogP contribution in [0.1, 0.15) is 20.7 Å². The third kappa shape index (κ3) is 2.34. The van der Waals surface area contributed by atoms with E-state index in [0.717, 1.165) is 0 Å². The van der Waals surface area contributed by atoms with Crippen LogP contribution in [0, 0.1) is 0 Å². The van der Waals surface area contributed by atoms with Gasteiger partial charge in [-0.05, 0) is 18.2 Å². The number of aliphatic hydroxyl groups is 2. The predicted octanol–water partition coefficient (Wildman–Crippen LogP) is -0.438. The highest BCUT2D eigenvalue weighted by Gasteiger charge is 2.33. The molecule has 2 atom stereocenters. The number of hydrogen-bond acceptors (Lipinski definition) is 4. The highest BCUT2D eigenvalue weighted by Crippen LogP contribution is 2.15. The Kier molecular flexibility index (Phi) is 3.31. The van der Waals surface area contributed by atoms with E-state index in [4.69, 9.17) is 5.11 Å². The van der Waals surface area contributed by atoms with E-state index in [1.54, 1.807) is 0 Å². The second-order valence-electron chi connectivity index (χ2n) is 4.23. The van der Waals surface area contributed by atoms with Crippen molar-refractivity contribution >= 4 is 11.9 Å². The van der Waals surface area contributed by atoms with Gasteiger partial charge in [-0.25, -0.2) is 4.79 Å². The average Bonchev–Trinajstić information content (AvgIpc) is 2.69. The van der Waals surface area contributed by atoms with Crippen molar-refractivity contribution in [3.63, 3.8) is 0 Å². The van der Waals surface area contributed by atoms with Crippen molar-refractivity contribution in [2.75, 3.05) is 13.1 Å². The van der Waals surface area contributed by atoms with Gasteiger partial charge in [0.15, 0.2) is 0 Å². The third-order valence-corrected chi connectivity index (χ3v) is 2.90. The van der Waals surface area contributed by atoms with Crippen LogP contribution in [-0.2, 0) is 0 Å². The molecule has 6 heteroatoms. The minimum Gasteiger partial charge on any atom is -0.478 e. The minimum absolute atomic E-state index is 0.0288. The van der Waals surface area contributed by atoms with Crippen molar-refractivity contribution in [1.82, 2.24) is 4.90 Å². The molecule has 0 spiro atoms. The lowest BCUT2D eigenvalue weighted by Crippen LogP contribution is -2.29. The number of carboxylic acids is 1. The summed E-state index contributed by atoms with van der Waals surface area (Å²) in [5.41, 5.74) is 0.261. The SMILES string of the molecule is O=C(O)c1cccc(C(=O)N2CC(O)C(O)C2)c1. The number of rotatable bonds is 2. The van der Waals surface area contributed by atoms with Gasteiger partial charge >= 0.3 is 5.97 Å². The van der Waals surface area contributed by atoms with Gasteiger partial charge in [0, 0.05) is 18.7 Å². The van der Waals surface area contributed by atoms with Gasteiger partial charge in [0.05, 0.1) is 17.8 Å². The standard InChI is InChI=1S/C12H13NO5/c14-9-5-13(6-10(9)15)11(16)7-2-1-3-8(4-7)12(17)18/h1-4,9-10,14-15H,5-6H2,(H,17,18). The molecular formula is C12H13NO5. The van der Waals surface area contributed by atoms with Crippen LogP contribution in [0.15, 0.2) is 24.3 Å². The van der Waals surface area contributed by atoms with E-state index in [1.807, 2.05) is 0 Å². The van der Waals surface area contributed by atoms with Crippen LogP contribution in [0.25, 0.3) is 0 Å². The largest absolute Gasteiger partial charge is 0.478 e. The fourth-order valence-corrected chi connectivity index (χ4v) is 1.90. The smallest absolute Gasteiger partial charge is 0.335 e.